The number of esters is 1. The summed E-state index contributed by atoms with van der Waals surface area (Å²) in [5.41, 5.74) is 0. The fourth-order valence-electron chi connectivity index (χ4n) is 1.07. The number of carbonyl (C=O) groups excluding carboxylic acids is 2. The molecule has 1 heterocycles. The summed E-state index contributed by atoms with van der Waals surface area (Å²) < 4.78 is 4.87. The normalized spacial score (nSPS) is 11.3. The molecule has 4 nitrogen and oxygen atoms in total. The molecular weight excluding hydrogens is 238 g/mol. The number of ether oxygens (including phenoxy) is 1. The lowest BCUT2D eigenvalue weighted by Crippen LogP contribution is -2.39. The fraction of sp³-hybridized carbons (Fsp3) is 0.333. The Hall–Kier alpha value is -1.80. The van der Waals surface area contributed by atoms with E-state index in [9.17, 15) is 9.59 Å². The molecule has 0 spiro atoms. The summed E-state index contributed by atoms with van der Waals surface area (Å²) in [7, 11) is 0. The number of amides is 1. The topological polar surface area (TPSA) is 55.4 Å². The van der Waals surface area contributed by atoms with E-state index in [1.807, 2.05) is 0 Å². The Bertz CT molecular complexity index is 419. The molecule has 90 valence electrons. The number of rotatable bonds is 5. The number of nitrogens with one attached hydrogen (secondary N) is 1. The second kappa shape index (κ2) is 6.71. The van der Waals surface area contributed by atoms with Gasteiger partial charge in [0.1, 0.15) is 12.6 Å². The van der Waals surface area contributed by atoms with Crippen LogP contribution in [0.1, 0.15) is 23.0 Å². The molecule has 1 rings (SSSR count). The summed E-state index contributed by atoms with van der Waals surface area (Å²) in [5.74, 6) is 1.60. The molecule has 5 heteroatoms. The smallest absolute Gasteiger partial charge is 0.328 e. The van der Waals surface area contributed by atoms with Gasteiger partial charge in [0.05, 0.1) is 4.88 Å². The molecular formula is C12H13NO3S. The number of hydrogen-bond acceptors (Lipinski definition) is 4. The van der Waals surface area contributed by atoms with Crippen molar-refractivity contribution in [1.82, 2.24) is 5.32 Å². The first kappa shape index (κ1) is 13.3. The van der Waals surface area contributed by atoms with Crippen LogP contribution in [0.5, 0.6) is 0 Å². The largest absolute Gasteiger partial charge is 0.463 e. The molecule has 0 fully saturated rings. The quantitative estimate of drug-likeness (QED) is 0.489. The minimum Gasteiger partial charge on any atom is -0.463 e. The second-order valence-corrected chi connectivity index (χ2v) is 4.24. The van der Waals surface area contributed by atoms with E-state index in [1.54, 1.807) is 24.4 Å². The summed E-state index contributed by atoms with van der Waals surface area (Å²) in [6.45, 7) is 1.75. The highest BCUT2D eigenvalue weighted by molar-refractivity contribution is 7.12. The van der Waals surface area contributed by atoms with E-state index in [1.165, 1.54) is 11.3 Å². The minimum absolute atomic E-state index is 0.175. The van der Waals surface area contributed by atoms with Crippen LogP contribution in [0.3, 0.4) is 0 Å². The van der Waals surface area contributed by atoms with E-state index in [4.69, 9.17) is 11.2 Å². The van der Waals surface area contributed by atoms with Gasteiger partial charge in [-0.2, -0.15) is 0 Å². The van der Waals surface area contributed by atoms with Gasteiger partial charge >= 0.3 is 5.97 Å². The standard InChI is InChI=1S/C12H13NO3S/c1-3-4-7-16-12(15)9(2)13-11(14)10-6-5-8-17-10/h1,5-6,8-9H,4,7H2,2H3,(H,13,14). The van der Waals surface area contributed by atoms with Gasteiger partial charge in [-0.15, -0.1) is 23.7 Å². The molecule has 0 radical (unpaired) electrons. The predicted molar refractivity (Wildman–Crippen MR) is 65.7 cm³/mol. The predicted octanol–water partition coefficient (Wildman–Crippen LogP) is 1.43. The third-order valence-electron chi connectivity index (χ3n) is 1.94. The van der Waals surface area contributed by atoms with E-state index >= 15 is 0 Å². The highest BCUT2D eigenvalue weighted by Gasteiger charge is 2.17. The molecule has 1 aromatic heterocycles. The van der Waals surface area contributed by atoms with Crippen molar-refractivity contribution < 1.29 is 14.3 Å². The second-order valence-electron chi connectivity index (χ2n) is 3.29. The third kappa shape index (κ3) is 4.29. The van der Waals surface area contributed by atoms with Crippen LogP contribution >= 0.6 is 11.3 Å². The summed E-state index contributed by atoms with van der Waals surface area (Å²) >= 11 is 1.32. The minimum atomic E-state index is -0.678. The van der Waals surface area contributed by atoms with Gasteiger partial charge in [-0.1, -0.05) is 6.07 Å². The van der Waals surface area contributed by atoms with Crippen LogP contribution in [-0.2, 0) is 9.53 Å². The Kier molecular flexibility index (Phi) is 5.24. The third-order valence-corrected chi connectivity index (χ3v) is 2.81. The Morgan fingerprint density at radius 1 is 1.65 bits per heavy atom. The van der Waals surface area contributed by atoms with Gasteiger partial charge in [-0.05, 0) is 18.4 Å². The molecule has 0 aliphatic heterocycles. The number of thiophene rings is 1. The molecule has 1 N–H and O–H groups in total. The van der Waals surface area contributed by atoms with Crippen LogP contribution in [-0.4, -0.2) is 24.5 Å². The van der Waals surface area contributed by atoms with Crippen molar-refractivity contribution in [2.24, 2.45) is 0 Å². The highest BCUT2D eigenvalue weighted by atomic mass is 32.1. The monoisotopic (exact) mass is 251 g/mol. The van der Waals surface area contributed by atoms with E-state index in [2.05, 4.69) is 11.2 Å². The number of carbonyl (C=O) groups is 2. The van der Waals surface area contributed by atoms with E-state index in [0.29, 0.717) is 11.3 Å². The molecule has 1 unspecified atom stereocenters. The van der Waals surface area contributed by atoms with Crippen LogP contribution in [0.4, 0.5) is 0 Å². The molecule has 0 saturated heterocycles. The van der Waals surface area contributed by atoms with Gasteiger partial charge in [0.2, 0.25) is 0 Å². The lowest BCUT2D eigenvalue weighted by molar-refractivity contribution is -0.145. The van der Waals surface area contributed by atoms with Crippen molar-refractivity contribution in [2.45, 2.75) is 19.4 Å². The van der Waals surface area contributed by atoms with Gasteiger partial charge in [-0.3, -0.25) is 4.79 Å². The van der Waals surface area contributed by atoms with Crippen molar-refractivity contribution in [3.05, 3.63) is 22.4 Å². The summed E-state index contributed by atoms with van der Waals surface area (Å²) in [4.78, 5) is 23.6. The van der Waals surface area contributed by atoms with E-state index < -0.39 is 12.0 Å². The Morgan fingerprint density at radius 3 is 3.00 bits per heavy atom. The highest BCUT2D eigenvalue weighted by Crippen LogP contribution is 2.08. The zero-order chi connectivity index (χ0) is 12.7. The lowest BCUT2D eigenvalue weighted by Gasteiger charge is -2.12. The molecule has 0 aliphatic carbocycles. The zero-order valence-electron chi connectivity index (χ0n) is 9.43. The first-order valence-corrected chi connectivity index (χ1v) is 5.97. The number of terminal acetylenes is 1. The first-order valence-electron chi connectivity index (χ1n) is 5.09. The summed E-state index contributed by atoms with van der Waals surface area (Å²) in [6.07, 6.45) is 5.40. The lowest BCUT2D eigenvalue weighted by atomic mass is 10.3. The van der Waals surface area contributed by atoms with Crippen LogP contribution in [0.25, 0.3) is 0 Å². The van der Waals surface area contributed by atoms with Gasteiger partial charge in [0, 0.05) is 6.42 Å². The Morgan fingerprint density at radius 2 is 2.41 bits per heavy atom. The molecule has 0 saturated carbocycles. The Labute approximate surface area is 104 Å². The van der Waals surface area contributed by atoms with Crippen molar-refractivity contribution >= 4 is 23.2 Å². The zero-order valence-corrected chi connectivity index (χ0v) is 10.3. The van der Waals surface area contributed by atoms with Crippen LogP contribution in [0.2, 0.25) is 0 Å². The van der Waals surface area contributed by atoms with Gasteiger partial charge < -0.3 is 10.1 Å². The maximum atomic E-state index is 11.6. The van der Waals surface area contributed by atoms with Crippen molar-refractivity contribution in [1.29, 1.82) is 0 Å². The average Bonchev–Trinajstić information content (AvgIpc) is 2.82. The molecule has 0 aromatic carbocycles. The van der Waals surface area contributed by atoms with Gasteiger partial charge in [-0.25, -0.2) is 4.79 Å². The van der Waals surface area contributed by atoms with E-state index in [0.717, 1.165) is 0 Å². The maximum absolute atomic E-state index is 11.6. The average molecular weight is 251 g/mol. The molecule has 1 aromatic rings. The molecule has 0 bridgehead atoms. The molecule has 1 amide bonds. The van der Waals surface area contributed by atoms with Gasteiger partial charge in [0.25, 0.3) is 5.91 Å². The number of hydrogen-bond donors (Lipinski definition) is 1. The summed E-state index contributed by atoms with van der Waals surface area (Å²) in [6, 6.07) is 2.79. The fourth-order valence-corrected chi connectivity index (χ4v) is 1.70. The SMILES string of the molecule is C#CCCOC(=O)C(C)NC(=O)c1cccs1. The first-order chi connectivity index (χ1) is 8.15. The Balaban J connectivity index is 2.38. The van der Waals surface area contributed by atoms with Crippen LogP contribution < -0.4 is 5.32 Å². The molecule has 1 atom stereocenters. The van der Waals surface area contributed by atoms with Crippen molar-refractivity contribution in [2.75, 3.05) is 6.61 Å². The molecule has 0 aliphatic rings. The van der Waals surface area contributed by atoms with Gasteiger partial charge in [0.15, 0.2) is 0 Å². The van der Waals surface area contributed by atoms with Crippen LogP contribution in [0.15, 0.2) is 17.5 Å². The summed E-state index contributed by atoms with van der Waals surface area (Å²) in [5, 5.41) is 4.35. The van der Waals surface area contributed by atoms with Crippen LogP contribution in [0, 0.1) is 12.3 Å². The molecule has 17 heavy (non-hydrogen) atoms. The van der Waals surface area contributed by atoms with Crippen molar-refractivity contribution in [3.63, 3.8) is 0 Å². The van der Waals surface area contributed by atoms with Crippen molar-refractivity contribution in [3.8, 4) is 12.3 Å². The maximum Gasteiger partial charge on any atom is 0.328 e. The van der Waals surface area contributed by atoms with E-state index in [-0.39, 0.29) is 12.5 Å².